The van der Waals surface area contributed by atoms with E-state index in [9.17, 15) is 14.9 Å². The Morgan fingerprint density at radius 3 is 2.62 bits per heavy atom. The van der Waals surface area contributed by atoms with Gasteiger partial charge in [0.25, 0.3) is 0 Å². The maximum Gasteiger partial charge on any atom is 0.333 e. The zero-order chi connectivity index (χ0) is 16.0. The summed E-state index contributed by atoms with van der Waals surface area (Å²) >= 11 is 0. The molecule has 0 aliphatic heterocycles. The van der Waals surface area contributed by atoms with Gasteiger partial charge in [0.15, 0.2) is 5.75 Å². The van der Waals surface area contributed by atoms with Crippen LogP contribution in [0.3, 0.4) is 0 Å². The number of nitro benzene ring substituents is 1. The minimum atomic E-state index is -0.893. The molecule has 0 fully saturated rings. The summed E-state index contributed by atoms with van der Waals surface area (Å²) in [4.78, 5) is 21.4. The molecule has 0 aliphatic carbocycles. The van der Waals surface area contributed by atoms with Crippen molar-refractivity contribution in [1.82, 2.24) is 0 Å². The first kappa shape index (κ1) is 16.7. The van der Waals surface area contributed by atoms with Gasteiger partial charge in [0, 0.05) is 13.0 Å². The largest absolute Gasteiger partial charge is 0.484 e. The van der Waals surface area contributed by atoms with Crippen LogP contribution in [-0.4, -0.2) is 28.6 Å². The number of ether oxygens (including phenoxy) is 1. The molecule has 21 heavy (non-hydrogen) atoms. The summed E-state index contributed by atoms with van der Waals surface area (Å²) in [6.45, 7) is 5.68. The highest BCUT2D eigenvalue weighted by atomic mass is 16.6. The maximum absolute atomic E-state index is 11.2. The molecule has 1 aromatic rings. The third-order valence-electron chi connectivity index (χ3n) is 2.71. The van der Waals surface area contributed by atoms with Crippen molar-refractivity contribution in [2.45, 2.75) is 33.3 Å². The molecule has 2 N–H and O–H groups in total. The molecule has 1 rings (SSSR count). The Balaban J connectivity index is 2.91. The number of nitrogens with zero attached hydrogens (tertiary/aromatic N) is 1. The fraction of sp³-hybridized carbons (Fsp3) is 0.500. The summed E-state index contributed by atoms with van der Waals surface area (Å²) in [6.07, 6.45) is -0.173. The highest BCUT2D eigenvalue weighted by molar-refractivity contribution is 5.69. The average Bonchev–Trinajstić information content (AvgIpc) is 2.34. The van der Waals surface area contributed by atoms with Crippen molar-refractivity contribution >= 4 is 17.3 Å². The van der Waals surface area contributed by atoms with Gasteiger partial charge in [0.05, 0.1) is 11.0 Å². The molecule has 7 heteroatoms. The smallest absolute Gasteiger partial charge is 0.333 e. The van der Waals surface area contributed by atoms with Gasteiger partial charge in [-0.15, -0.1) is 0 Å². The van der Waals surface area contributed by atoms with Crippen molar-refractivity contribution in [3.8, 4) is 5.75 Å². The molecule has 0 radical (unpaired) electrons. The summed E-state index contributed by atoms with van der Waals surface area (Å²) in [7, 11) is 0. The van der Waals surface area contributed by atoms with E-state index in [0.717, 1.165) is 0 Å². The third-order valence-corrected chi connectivity index (χ3v) is 2.71. The van der Waals surface area contributed by atoms with E-state index < -0.39 is 10.9 Å². The molecular weight excluding hydrogens is 276 g/mol. The molecule has 0 heterocycles. The molecule has 0 aliphatic rings. The van der Waals surface area contributed by atoms with Gasteiger partial charge in [-0.2, -0.15) is 0 Å². The van der Waals surface area contributed by atoms with E-state index in [1.807, 2.05) is 0 Å². The van der Waals surface area contributed by atoms with E-state index in [0.29, 0.717) is 12.2 Å². The van der Waals surface area contributed by atoms with Crippen molar-refractivity contribution in [2.75, 3.05) is 11.9 Å². The summed E-state index contributed by atoms with van der Waals surface area (Å²) in [5.74, 6) is -0.835. The number of carboxylic acids is 1. The van der Waals surface area contributed by atoms with Crippen LogP contribution in [0.15, 0.2) is 18.2 Å². The second kappa shape index (κ2) is 7.47. The minimum Gasteiger partial charge on any atom is -0.484 e. The molecule has 0 spiro atoms. The SMILES string of the molecule is CC(CNc1cccc(OC(C)C)c1[N+](=O)[O-])CC(=O)O. The van der Waals surface area contributed by atoms with Crippen LogP contribution in [0.25, 0.3) is 0 Å². The molecule has 116 valence electrons. The Kier molecular flexibility index (Phi) is 5.95. The van der Waals surface area contributed by atoms with Crippen LogP contribution in [0.5, 0.6) is 5.75 Å². The fourth-order valence-corrected chi connectivity index (χ4v) is 1.86. The van der Waals surface area contributed by atoms with E-state index in [4.69, 9.17) is 9.84 Å². The number of carboxylic acid groups (broad SMARTS) is 1. The van der Waals surface area contributed by atoms with Crippen LogP contribution in [0.1, 0.15) is 27.2 Å². The molecule has 7 nitrogen and oxygen atoms in total. The Labute approximate surface area is 123 Å². The van der Waals surface area contributed by atoms with E-state index in [2.05, 4.69) is 5.32 Å². The topological polar surface area (TPSA) is 102 Å². The zero-order valence-corrected chi connectivity index (χ0v) is 12.3. The lowest BCUT2D eigenvalue weighted by atomic mass is 10.1. The van der Waals surface area contributed by atoms with Crippen LogP contribution in [0.4, 0.5) is 11.4 Å². The lowest BCUT2D eigenvalue weighted by molar-refractivity contribution is -0.385. The first-order valence-corrected chi connectivity index (χ1v) is 6.71. The first-order valence-electron chi connectivity index (χ1n) is 6.71. The Morgan fingerprint density at radius 2 is 2.10 bits per heavy atom. The molecule has 0 saturated heterocycles. The Bertz CT molecular complexity index is 516. The van der Waals surface area contributed by atoms with Gasteiger partial charge in [0.2, 0.25) is 0 Å². The Morgan fingerprint density at radius 1 is 1.43 bits per heavy atom. The van der Waals surface area contributed by atoms with Gasteiger partial charge < -0.3 is 15.2 Å². The second-order valence-corrected chi connectivity index (χ2v) is 5.16. The van der Waals surface area contributed by atoms with Gasteiger partial charge in [-0.1, -0.05) is 13.0 Å². The number of rotatable bonds is 8. The van der Waals surface area contributed by atoms with Crippen molar-refractivity contribution in [2.24, 2.45) is 5.92 Å². The van der Waals surface area contributed by atoms with Crippen molar-refractivity contribution in [1.29, 1.82) is 0 Å². The molecule has 1 aromatic carbocycles. The van der Waals surface area contributed by atoms with Gasteiger partial charge in [0.1, 0.15) is 5.69 Å². The summed E-state index contributed by atoms with van der Waals surface area (Å²) < 4.78 is 5.44. The number of benzene rings is 1. The molecular formula is C14H20N2O5. The number of nitro groups is 1. The molecule has 0 saturated carbocycles. The number of aliphatic carboxylic acids is 1. The van der Waals surface area contributed by atoms with Crippen molar-refractivity contribution < 1.29 is 19.6 Å². The monoisotopic (exact) mass is 296 g/mol. The first-order chi connectivity index (χ1) is 9.81. The number of hydrogen-bond donors (Lipinski definition) is 2. The van der Waals surface area contributed by atoms with E-state index in [1.54, 1.807) is 39.0 Å². The lowest BCUT2D eigenvalue weighted by Crippen LogP contribution is -2.16. The van der Waals surface area contributed by atoms with Gasteiger partial charge in [-0.05, 0) is 31.9 Å². The minimum absolute atomic E-state index is 0.00296. The van der Waals surface area contributed by atoms with Crippen LogP contribution < -0.4 is 10.1 Å². The highest BCUT2D eigenvalue weighted by Crippen LogP contribution is 2.35. The van der Waals surface area contributed by atoms with Gasteiger partial charge >= 0.3 is 11.7 Å². The standard InChI is InChI=1S/C14H20N2O5/c1-9(2)21-12-6-4-5-11(14(12)16(19)20)15-8-10(3)7-13(17)18/h4-6,9-10,15H,7-8H2,1-3H3,(H,17,18). The van der Waals surface area contributed by atoms with Gasteiger partial charge in [-0.25, -0.2) is 0 Å². The zero-order valence-electron chi connectivity index (χ0n) is 12.3. The summed E-state index contributed by atoms with van der Waals surface area (Å²) in [5, 5.41) is 22.9. The lowest BCUT2D eigenvalue weighted by Gasteiger charge is -2.15. The molecule has 0 aromatic heterocycles. The number of carbonyl (C=O) groups is 1. The van der Waals surface area contributed by atoms with E-state index in [-0.39, 0.29) is 29.9 Å². The van der Waals surface area contributed by atoms with Crippen molar-refractivity contribution in [3.05, 3.63) is 28.3 Å². The summed E-state index contributed by atoms with van der Waals surface area (Å²) in [5.41, 5.74) is 0.198. The fourth-order valence-electron chi connectivity index (χ4n) is 1.86. The summed E-state index contributed by atoms with van der Waals surface area (Å²) in [6, 6.07) is 4.79. The van der Waals surface area contributed by atoms with E-state index in [1.165, 1.54) is 0 Å². The quantitative estimate of drug-likeness (QED) is 0.565. The molecule has 1 unspecified atom stereocenters. The molecule has 0 bridgehead atoms. The second-order valence-electron chi connectivity index (χ2n) is 5.16. The van der Waals surface area contributed by atoms with Crippen LogP contribution in [-0.2, 0) is 4.79 Å². The van der Waals surface area contributed by atoms with Crippen LogP contribution >= 0.6 is 0 Å². The number of anilines is 1. The average molecular weight is 296 g/mol. The third kappa shape index (κ3) is 5.29. The van der Waals surface area contributed by atoms with Gasteiger partial charge in [-0.3, -0.25) is 14.9 Å². The number of nitrogens with one attached hydrogen (secondary N) is 1. The van der Waals surface area contributed by atoms with Crippen LogP contribution in [0, 0.1) is 16.0 Å². The Hall–Kier alpha value is -2.31. The predicted octanol–water partition coefficient (Wildman–Crippen LogP) is 2.90. The van der Waals surface area contributed by atoms with E-state index >= 15 is 0 Å². The number of para-hydroxylation sites is 1. The normalized spacial score (nSPS) is 12.0. The van der Waals surface area contributed by atoms with Crippen molar-refractivity contribution in [3.63, 3.8) is 0 Å². The number of hydrogen-bond acceptors (Lipinski definition) is 5. The molecule has 0 amide bonds. The van der Waals surface area contributed by atoms with Crippen LogP contribution in [0.2, 0.25) is 0 Å². The highest BCUT2D eigenvalue weighted by Gasteiger charge is 2.22. The predicted molar refractivity (Wildman–Crippen MR) is 78.8 cm³/mol. The molecule has 1 atom stereocenters. The maximum atomic E-state index is 11.2.